The highest BCUT2D eigenvalue weighted by molar-refractivity contribution is 6.64. The summed E-state index contributed by atoms with van der Waals surface area (Å²) in [6.07, 6.45) is 5.75. The minimum atomic E-state index is -3.27. The second-order valence-corrected chi connectivity index (χ2v) is 8.99. The molecule has 0 heterocycles. The Labute approximate surface area is 163 Å². The number of hydrogen-bond donors (Lipinski definition) is 1. The van der Waals surface area contributed by atoms with Crippen LogP contribution in [0.3, 0.4) is 0 Å². The van der Waals surface area contributed by atoms with Crippen LogP contribution in [0.4, 0.5) is 0 Å². The van der Waals surface area contributed by atoms with Crippen LogP contribution in [0.15, 0.2) is 73.8 Å². The third-order valence-electron chi connectivity index (χ3n) is 4.36. The lowest BCUT2D eigenvalue weighted by atomic mass is 10.1. The zero-order chi connectivity index (χ0) is 19.7. The summed E-state index contributed by atoms with van der Waals surface area (Å²) in [5.41, 5.74) is 8.13. The molecule has 0 bridgehead atoms. The van der Waals surface area contributed by atoms with Gasteiger partial charge in [-0.15, -0.1) is 13.2 Å². The first-order valence-corrected chi connectivity index (χ1v) is 11.0. The van der Waals surface area contributed by atoms with Gasteiger partial charge in [-0.25, -0.2) is 0 Å². The first-order chi connectivity index (χ1) is 13.1. The molecule has 2 aromatic carbocycles. The molecule has 0 spiro atoms. The van der Waals surface area contributed by atoms with E-state index in [1.807, 2.05) is 67.6 Å². The van der Waals surface area contributed by atoms with Gasteiger partial charge in [-0.1, -0.05) is 55.5 Å². The highest BCUT2D eigenvalue weighted by Gasteiger charge is 2.52. The lowest BCUT2D eigenvalue weighted by Gasteiger charge is -2.33. The van der Waals surface area contributed by atoms with E-state index in [0.717, 1.165) is 22.6 Å². The van der Waals surface area contributed by atoms with Gasteiger partial charge in [-0.3, -0.25) is 0 Å². The predicted octanol–water partition coefficient (Wildman–Crippen LogP) is 4.46. The molecule has 4 nitrogen and oxygen atoms in total. The zero-order valence-corrected chi connectivity index (χ0v) is 17.2. The number of para-hydroxylation sites is 2. The van der Waals surface area contributed by atoms with Crippen molar-refractivity contribution in [3.63, 3.8) is 0 Å². The summed E-state index contributed by atoms with van der Waals surface area (Å²) >= 11 is 0. The summed E-state index contributed by atoms with van der Waals surface area (Å²) in [5, 5.41) is 0. The van der Waals surface area contributed by atoms with Gasteiger partial charge in [-0.2, -0.15) is 0 Å². The summed E-state index contributed by atoms with van der Waals surface area (Å²) in [6, 6.07) is 15.7. The van der Waals surface area contributed by atoms with E-state index in [2.05, 4.69) is 13.2 Å². The Morgan fingerprint density at radius 2 is 1.37 bits per heavy atom. The highest BCUT2D eigenvalue weighted by atomic mass is 28.4. The molecule has 27 heavy (non-hydrogen) atoms. The van der Waals surface area contributed by atoms with Crippen molar-refractivity contribution in [2.75, 3.05) is 7.11 Å². The molecule has 144 valence electrons. The van der Waals surface area contributed by atoms with Crippen molar-refractivity contribution in [2.45, 2.75) is 31.9 Å². The second kappa shape index (κ2) is 10.1. The molecule has 1 unspecified atom stereocenters. The van der Waals surface area contributed by atoms with Gasteiger partial charge in [0, 0.05) is 7.11 Å². The van der Waals surface area contributed by atoms with E-state index in [0.29, 0.717) is 19.3 Å². The van der Waals surface area contributed by atoms with E-state index in [9.17, 15) is 0 Å². The van der Waals surface area contributed by atoms with Gasteiger partial charge < -0.3 is 19.0 Å². The molecule has 0 radical (unpaired) electrons. The van der Waals surface area contributed by atoms with E-state index >= 15 is 0 Å². The smallest absolute Gasteiger partial charge is 0.491 e. The molecular formula is C22H29NO3Si. The Bertz CT molecular complexity index is 707. The van der Waals surface area contributed by atoms with Crippen LogP contribution in [0.25, 0.3) is 0 Å². The molecule has 5 heteroatoms. The fourth-order valence-electron chi connectivity index (χ4n) is 2.82. The largest absolute Gasteiger partial charge is 0.649 e. The maximum Gasteiger partial charge on any atom is 0.649 e. The Kier molecular flexibility index (Phi) is 7.85. The Morgan fingerprint density at radius 3 is 1.74 bits per heavy atom. The molecule has 0 aliphatic rings. The molecule has 0 fully saturated rings. The molecule has 0 aromatic heterocycles. The molecule has 0 saturated heterocycles. The first kappa shape index (κ1) is 21.0. The SMILES string of the molecule is C=CCc1ccccc1O[Si](OC)(Oc1ccccc1CC=C)C(N)CC. The minimum absolute atomic E-state index is 0.365. The van der Waals surface area contributed by atoms with Gasteiger partial charge in [-0.05, 0) is 42.5 Å². The Hall–Kier alpha value is -2.34. The van der Waals surface area contributed by atoms with Gasteiger partial charge in [0.25, 0.3) is 0 Å². The second-order valence-electron chi connectivity index (χ2n) is 6.23. The van der Waals surface area contributed by atoms with Crippen LogP contribution < -0.4 is 14.6 Å². The standard InChI is InChI=1S/C22H29NO3Si/c1-5-12-18-14-8-10-16-20(18)25-27(24-4,22(23)7-3)26-21-17-11-9-15-19(21)13-6-2/h5-6,8-11,14-17,22H,1-2,7,12-13,23H2,3-4H3. The first-order valence-electron chi connectivity index (χ1n) is 9.16. The van der Waals surface area contributed by atoms with Crippen molar-refractivity contribution >= 4 is 8.80 Å². The van der Waals surface area contributed by atoms with Crippen LogP contribution in [-0.4, -0.2) is 21.6 Å². The van der Waals surface area contributed by atoms with E-state index in [1.165, 1.54) is 0 Å². The third-order valence-corrected chi connectivity index (χ3v) is 7.25. The summed E-state index contributed by atoms with van der Waals surface area (Å²) < 4.78 is 18.7. The maximum absolute atomic E-state index is 6.45. The topological polar surface area (TPSA) is 53.7 Å². The van der Waals surface area contributed by atoms with Crippen LogP contribution in [0.5, 0.6) is 11.5 Å². The lowest BCUT2D eigenvalue weighted by Crippen LogP contribution is -2.64. The minimum Gasteiger partial charge on any atom is -0.491 e. The molecule has 2 rings (SSSR count). The molecule has 1 atom stereocenters. The summed E-state index contributed by atoms with van der Waals surface area (Å²) in [4.78, 5) is 0. The van der Waals surface area contributed by atoms with Gasteiger partial charge in [0.1, 0.15) is 11.5 Å². The molecule has 2 aromatic rings. The third kappa shape index (κ3) is 5.10. The number of rotatable bonds is 11. The number of allylic oxidation sites excluding steroid dienone is 2. The summed E-state index contributed by atoms with van der Waals surface area (Å²) in [6.45, 7) is 9.65. The van der Waals surface area contributed by atoms with Gasteiger partial charge in [0.2, 0.25) is 0 Å². The van der Waals surface area contributed by atoms with Crippen molar-refractivity contribution in [1.29, 1.82) is 0 Å². The van der Waals surface area contributed by atoms with Crippen LogP contribution >= 0.6 is 0 Å². The molecule has 0 aliphatic heterocycles. The fraction of sp³-hybridized carbons (Fsp3) is 0.273. The number of benzene rings is 2. The van der Waals surface area contributed by atoms with Crippen LogP contribution in [0.2, 0.25) is 0 Å². The summed E-state index contributed by atoms with van der Waals surface area (Å²) in [5.74, 6) is 1.44. The van der Waals surface area contributed by atoms with Crippen LogP contribution in [0, 0.1) is 0 Å². The van der Waals surface area contributed by atoms with Gasteiger partial charge >= 0.3 is 8.80 Å². The molecule has 0 aliphatic carbocycles. The Morgan fingerprint density at radius 1 is 0.926 bits per heavy atom. The summed E-state index contributed by atoms with van der Waals surface area (Å²) in [7, 11) is -1.66. The maximum atomic E-state index is 6.45. The number of hydrogen-bond acceptors (Lipinski definition) is 4. The molecular weight excluding hydrogens is 354 g/mol. The van der Waals surface area contributed by atoms with Gasteiger partial charge in [0.05, 0.1) is 5.67 Å². The fourth-order valence-corrected chi connectivity index (χ4v) is 5.14. The quantitative estimate of drug-likeness (QED) is 0.460. The molecule has 0 amide bonds. The molecule has 2 N–H and O–H groups in total. The van der Waals surface area contributed by atoms with E-state index in [-0.39, 0.29) is 5.67 Å². The van der Waals surface area contributed by atoms with Crippen molar-refractivity contribution in [3.05, 3.63) is 85.0 Å². The monoisotopic (exact) mass is 383 g/mol. The molecule has 0 saturated carbocycles. The Balaban J connectivity index is 2.45. The van der Waals surface area contributed by atoms with Crippen LogP contribution in [-0.2, 0) is 17.3 Å². The average molecular weight is 384 g/mol. The van der Waals surface area contributed by atoms with Crippen molar-refractivity contribution in [1.82, 2.24) is 0 Å². The highest BCUT2D eigenvalue weighted by Crippen LogP contribution is 2.29. The van der Waals surface area contributed by atoms with Crippen LogP contribution in [0.1, 0.15) is 24.5 Å². The zero-order valence-electron chi connectivity index (χ0n) is 16.2. The predicted molar refractivity (Wildman–Crippen MR) is 113 cm³/mol. The van der Waals surface area contributed by atoms with E-state index in [4.69, 9.17) is 19.0 Å². The van der Waals surface area contributed by atoms with E-state index < -0.39 is 8.80 Å². The lowest BCUT2D eigenvalue weighted by molar-refractivity contribution is 0.189. The normalized spacial score (nSPS) is 12.3. The number of nitrogens with two attached hydrogens (primary N) is 1. The average Bonchev–Trinajstić information content (AvgIpc) is 2.70. The van der Waals surface area contributed by atoms with E-state index in [1.54, 1.807) is 7.11 Å². The van der Waals surface area contributed by atoms with Crippen molar-refractivity contribution in [2.24, 2.45) is 5.73 Å². The van der Waals surface area contributed by atoms with Gasteiger partial charge in [0.15, 0.2) is 0 Å². The van der Waals surface area contributed by atoms with Crippen molar-refractivity contribution < 1.29 is 13.3 Å². The van der Waals surface area contributed by atoms with Crippen molar-refractivity contribution in [3.8, 4) is 11.5 Å².